The molecule has 0 heterocycles. The Morgan fingerprint density at radius 3 is 0.658 bits per heavy atom. The standard InChI is InChI=1S/C111H110O3/c1-104(2,3)86-53-71(54-87(67-86)105(4,5)6)37-41-77-61-84(99(112-25)64-80(77)43-39-73-57-90(108(13,14)15)69-91(58-73)109(16,17)18)49-46-79-63-83(48-45-75-51-52-98-96-35-29-32-76-31-28-34-95(102(76)96)97-36-30-33-94(75)103(97)98)101(114-27)66-82(79)47-50-85-62-78(42-38-72-55-88(106(7,8)9)68-89(56-72)107(10,11)12)81(65-100(85)113-26)44-40-74-59-92(110(19,20)21)70-93(60-74)111(22,23)24/h28-36,51-70H,1-27H3. The molecule has 3 heteroatoms. The molecule has 0 spiro atoms. The molecule has 0 aliphatic carbocycles. The highest BCUT2D eigenvalue weighted by Crippen LogP contribution is 2.43. The second-order valence-corrected chi connectivity index (χ2v) is 38.8. The molecule has 0 aliphatic heterocycles. The van der Waals surface area contributed by atoms with Gasteiger partial charge in [-0.3, -0.25) is 0 Å². The second kappa shape index (κ2) is 31.0. The highest BCUT2D eigenvalue weighted by molar-refractivity contribution is 6.33. The van der Waals surface area contributed by atoms with Gasteiger partial charge in [0.05, 0.1) is 38.0 Å². The Bertz CT molecular complexity index is 6150. The summed E-state index contributed by atoms with van der Waals surface area (Å²) in [6.07, 6.45) is 0. The van der Waals surface area contributed by atoms with E-state index in [-0.39, 0.29) is 43.3 Å². The molecule has 0 fully saturated rings. The highest BCUT2D eigenvalue weighted by atomic mass is 16.5. The number of methoxy groups -OCH3 is 3. The van der Waals surface area contributed by atoms with E-state index in [1.807, 2.05) is 36.4 Å². The van der Waals surface area contributed by atoms with E-state index in [1.54, 1.807) is 21.3 Å². The molecule has 0 bridgehead atoms. The van der Waals surface area contributed by atoms with E-state index in [0.29, 0.717) is 67.3 Å². The van der Waals surface area contributed by atoms with E-state index in [1.165, 1.54) is 82.2 Å². The molecule has 0 saturated carbocycles. The monoisotopic (exact) mass is 1490 g/mol. The summed E-state index contributed by atoms with van der Waals surface area (Å²) in [5.41, 5.74) is 19.4. The fourth-order valence-corrected chi connectivity index (χ4v) is 14.1. The Hall–Kier alpha value is -11.7. The molecule has 12 aromatic carbocycles. The molecule has 0 N–H and O–H groups in total. The normalized spacial score (nSPS) is 12.0. The van der Waals surface area contributed by atoms with Crippen molar-refractivity contribution in [3.63, 3.8) is 0 Å². The van der Waals surface area contributed by atoms with Crippen LogP contribution in [0.15, 0.2) is 176 Å². The van der Waals surface area contributed by atoms with Crippen molar-refractivity contribution < 1.29 is 14.2 Å². The molecule has 0 amide bonds. The predicted molar refractivity (Wildman–Crippen MR) is 484 cm³/mol. The van der Waals surface area contributed by atoms with Crippen molar-refractivity contribution in [2.45, 2.75) is 209 Å². The number of ether oxygens (including phenoxy) is 3. The van der Waals surface area contributed by atoms with E-state index in [2.05, 4.69) is 389 Å². The summed E-state index contributed by atoms with van der Waals surface area (Å²) in [6, 6.07) is 63.1. The number of hydrogen-bond donors (Lipinski definition) is 0. The van der Waals surface area contributed by atoms with Gasteiger partial charge in [0.25, 0.3) is 0 Å². The summed E-state index contributed by atoms with van der Waals surface area (Å²) < 4.78 is 19.0. The fraction of sp³-hybridized carbons (Fsp3) is 0.315. The molecule has 0 atom stereocenters. The van der Waals surface area contributed by atoms with Gasteiger partial charge < -0.3 is 14.2 Å². The van der Waals surface area contributed by atoms with Crippen LogP contribution in [0.4, 0.5) is 0 Å². The number of rotatable bonds is 3. The van der Waals surface area contributed by atoms with Crippen molar-refractivity contribution in [1.29, 1.82) is 0 Å². The van der Waals surface area contributed by atoms with Crippen LogP contribution in [0.5, 0.6) is 17.2 Å². The Kier molecular flexibility index (Phi) is 22.2. The average Bonchev–Trinajstić information content (AvgIpc) is 0.718. The van der Waals surface area contributed by atoms with Crippen LogP contribution in [-0.4, -0.2) is 21.3 Å². The molecule has 0 unspecified atom stereocenters. The molecule has 114 heavy (non-hydrogen) atoms. The van der Waals surface area contributed by atoms with Crippen LogP contribution in [0.3, 0.4) is 0 Å². The summed E-state index contributed by atoms with van der Waals surface area (Å²) in [5, 5.41) is 9.57. The van der Waals surface area contributed by atoms with Crippen LogP contribution in [-0.2, 0) is 43.3 Å². The zero-order valence-corrected chi connectivity index (χ0v) is 72.5. The van der Waals surface area contributed by atoms with E-state index < -0.39 is 0 Å². The maximum absolute atomic E-state index is 6.35. The van der Waals surface area contributed by atoms with Crippen molar-refractivity contribution >= 4 is 43.1 Å². The van der Waals surface area contributed by atoms with Crippen LogP contribution in [0.1, 0.15) is 289 Å². The molecular weight excluding hydrogens is 1380 g/mol. The summed E-state index contributed by atoms with van der Waals surface area (Å²) >= 11 is 0. The first-order valence-electron chi connectivity index (χ1n) is 39.9. The van der Waals surface area contributed by atoms with Gasteiger partial charge in [0, 0.05) is 61.2 Å². The van der Waals surface area contributed by atoms with Crippen LogP contribution in [0.2, 0.25) is 0 Å². The largest absolute Gasteiger partial charge is 0.495 e. The van der Waals surface area contributed by atoms with Gasteiger partial charge in [-0.15, -0.1) is 0 Å². The quantitative estimate of drug-likeness (QED) is 0.100. The summed E-state index contributed by atoms with van der Waals surface area (Å²) in [6.45, 7) is 54.0. The molecule has 3 nitrogen and oxygen atoms in total. The maximum Gasteiger partial charge on any atom is 0.135 e. The molecule has 0 saturated heterocycles. The van der Waals surface area contributed by atoms with Crippen molar-refractivity contribution in [1.82, 2.24) is 0 Å². The molecule has 12 aromatic rings. The first kappa shape index (κ1) is 81.7. The van der Waals surface area contributed by atoms with E-state index >= 15 is 0 Å². The lowest BCUT2D eigenvalue weighted by atomic mass is 9.79. The average molecular weight is 1490 g/mol. The molecule has 12 rings (SSSR count). The van der Waals surface area contributed by atoms with E-state index in [0.717, 1.165) is 33.2 Å². The van der Waals surface area contributed by atoms with Gasteiger partial charge in [-0.1, -0.05) is 334 Å². The van der Waals surface area contributed by atoms with Crippen LogP contribution in [0, 0.1) is 82.9 Å². The first-order valence-corrected chi connectivity index (χ1v) is 39.9. The third-order valence-electron chi connectivity index (χ3n) is 21.6. The van der Waals surface area contributed by atoms with Gasteiger partial charge in [-0.25, -0.2) is 0 Å². The SMILES string of the molecule is COc1cc(C#Cc2cc(C(C)(C)C)cc(C(C)(C)C)c2)c(C#Cc2cc(C(C)(C)C)cc(C(C)(C)C)c2)cc1C#Cc1cc(C#Cc2ccc3c4cccc5cccc(c6cccc2c63)c54)c(OC)cc1C#Cc1cc(C#Cc2cc(C(C)(C)C)cc(C(C)(C)C)c2)c(C#Cc2cc(C(C)(C)C)cc(C(C)(C)C)c2)cc1OC. The molecule has 0 aliphatic rings. The Balaban J connectivity index is 1.09. The lowest BCUT2D eigenvalue weighted by Crippen LogP contribution is -2.16. The predicted octanol–water partition coefficient (Wildman–Crippen LogP) is 25.9. The molecule has 572 valence electrons. The summed E-state index contributed by atoms with van der Waals surface area (Å²) in [7, 11) is 5.03. The van der Waals surface area contributed by atoms with Crippen molar-refractivity contribution in [3.8, 4) is 100 Å². The number of hydrogen-bond acceptors (Lipinski definition) is 3. The van der Waals surface area contributed by atoms with Crippen molar-refractivity contribution in [2.24, 2.45) is 0 Å². The van der Waals surface area contributed by atoms with Gasteiger partial charge in [0.1, 0.15) is 17.2 Å². The zero-order chi connectivity index (χ0) is 82.6. The van der Waals surface area contributed by atoms with Crippen molar-refractivity contribution in [2.75, 3.05) is 21.3 Å². The lowest BCUT2D eigenvalue weighted by Gasteiger charge is -2.25. The molecule has 0 radical (unpaired) electrons. The van der Waals surface area contributed by atoms with Gasteiger partial charge in [0.2, 0.25) is 0 Å². The van der Waals surface area contributed by atoms with E-state index in [9.17, 15) is 0 Å². The van der Waals surface area contributed by atoms with Gasteiger partial charge >= 0.3 is 0 Å². The minimum atomic E-state index is -0.114. The van der Waals surface area contributed by atoms with Gasteiger partial charge in [-0.2, -0.15) is 0 Å². The topological polar surface area (TPSA) is 27.7 Å². The Labute approximate surface area is 682 Å². The molecule has 0 aromatic heterocycles. The Morgan fingerprint density at radius 2 is 0.395 bits per heavy atom. The third kappa shape index (κ3) is 18.3. The Morgan fingerprint density at radius 1 is 0.184 bits per heavy atom. The zero-order valence-electron chi connectivity index (χ0n) is 72.5. The van der Waals surface area contributed by atoms with Crippen molar-refractivity contribution in [3.05, 3.63) is 298 Å². The first-order chi connectivity index (χ1) is 53.3. The van der Waals surface area contributed by atoms with Crippen LogP contribution >= 0.6 is 0 Å². The highest BCUT2D eigenvalue weighted by Gasteiger charge is 2.26. The van der Waals surface area contributed by atoms with E-state index in [4.69, 9.17) is 14.2 Å². The minimum Gasteiger partial charge on any atom is -0.495 e. The smallest absolute Gasteiger partial charge is 0.135 e. The maximum atomic E-state index is 6.35. The fourth-order valence-electron chi connectivity index (χ4n) is 14.1. The second-order valence-electron chi connectivity index (χ2n) is 38.8. The summed E-state index contributed by atoms with van der Waals surface area (Å²) in [5.74, 6) is 52.3. The minimum absolute atomic E-state index is 0.0985. The number of fused-ring (bicyclic) bond motifs is 2. The lowest BCUT2D eigenvalue weighted by molar-refractivity contribution is 0.413. The van der Waals surface area contributed by atoms with Crippen LogP contribution in [0.25, 0.3) is 43.1 Å². The number of benzene rings is 12. The molecular formula is C111H110O3. The van der Waals surface area contributed by atoms with Gasteiger partial charge in [0.15, 0.2) is 0 Å². The van der Waals surface area contributed by atoms with Crippen LogP contribution < -0.4 is 14.2 Å². The van der Waals surface area contributed by atoms with Gasteiger partial charge in [-0.05, 0) is 222 Å². The summed E-state index contributed by atoms with van der Waals surface area (Å²) in [4.78, 5) is 0. The third-order valence-corrected chi connectivity index (χ3v) is 21.6.